The number of nitrogens with zero attached hydrogens (tertiary/aromatic N) is 2. The Morgan fingerprint density at radius 1 is 1.27 bits per heavy atom. The number of benzene rings is 2. The zero-order valence-electron chi connectivity index (χ0n) is 12.5. The van der Waals surface area contributed by atoms with Crippen molar-refractivity contribution < 1.29 is 9.53 Å². The first-order chi connectivity index (χ1) is 10.7. The van der Waals surface area contributed by atoms with Crippen molar-refractivity contribution in [3.05, 3.63) is 54.2 Å². The fourth-order valence-electron chi connectivity index (χ4n) is 2.31. The molecule has 0 radical (unpaired) electrons. The first-order valence-electron chi connectivity index (χ1n) is 7.16. The summed E-state index contributed by atoms with van der Waals surface area (Å²) in [6.07, 6.45) is 1.68. The first-order valence-corrected chi connectivity index (χ1v) is 7.16. The molecule has 3 aromatic rings. The minimum Gasteiger partial charge on any atom is -0.492 e. The van der Waals surface area contributed by atoms with E-state index in [1.807, 2.05) is 50.2 Å². The van der Waals surface area contributed by atoms with Crippen LogP contribution in [-0.2, 0) is 0 Å². The third-order valence-corrected chi connectivity index (χ3v) is 3.35. The van der Waals surface area contributed by atoms with Crippen LogP contribution in [-0.4, -0.2) is 22.4 Å². The predicted molar refractivity (Wildman–Crippen MR) is 86.5 cm³/mol. The molecule has 22 heavy (non-hydrogen) atoms. The number of fused-ring (bicyclic) bond motifs is 1. The molecule has 0 atom stereocenters. The highest BCUT2D eigenvalue weighted by Gasteiger charge is 2.13. The standard InChI is InChI=1S/C17H17N3O2/c1-3-22-16-7-5-4-6-14(16)19-17(21)20-15-10-12(2)8-9-13(15)11-18-20/h4-11H,3H2,1-2H3,(H,19,21). The monoisotopic (exact) mass is 295 g/mol. The van der Waals surface area contributed by atoms with Crippen LogP contribution in [0.1, 0.15) is 12.5 Å². The number of hydrogen-bond acceptors (Lipinski definition) is 3. The number of carbonyl (C=O) groups is 1. The lowest BCUT2D eigenvalue weighted by atomic mass is 10.2. The molecule has 2 aromatic carbocycles. The number of carbonyl (C=O) groups excluding carboxylic acids is 1. The molecule has 3 rings (SSSR count). The topological polar surface area (TPSA) is 56.1 Å². The molecule has 1 heterocycles. The Morgan fingerprint density at radius 3 is 2.91 bits per heavy atom. The highest BCUT2D eigenvalue weighted by atomic mass is 16.5. The Morgan fingerprint density at radius 2 is 2.09 bits per heavy atom. The molecule has 0 saturated heterocycles. The molecular formula is C17H17N3O2. The quantitative estimate of drug-likeness (QED) is 0.799. The van der Waals surface area contributed by atoms with Gasteiger partial charge in [0, 0.05) is 5.39 Å². The highest BCUT2D eigenvalue weighted by molar-refractivity contribution is 5.98. The number of anilines is 1. The average Bonchev–Trinajstić information content (AvgIpc) is 2.92. The zero-order valence-corrected chi connectivity index (χ0v) is 12.5. The normalized spacial score (nSPS) is 10.6. The van der Waals surface area contributed by atoms with Crippen molar-refractivity contribution in [3.8, 4) is 5.75 Å². The lowest BCUT2D eigenvalue weighted by Crippen LogP contribution is -2.21. The number of rotatable bonds is 3. The van der Waals surface area contributed by atoms with E-state index >= 15 is 0 Å². The molecule has 1 aromatic heterocycles. The van der Waals surface area contributed by atoms with Gasteiger partial charge >= 0.3 is 6.03 Å². The maximum atomic E-state index is 12.5. The number of para-hydroxylation sites is 2. The molecule has 0 saturated carbocycles. The molecule has 0 unspecified atom stereocenters. The van der Waals surface area contributed by atoms with Gasteiger partial charge in [-0.05, 0) is 37.6 Å². The Bertz CT molecular complexity index is 824. The van der Waals surface area contributed by atoms with Crippen molar-refractivity contribution >= 4 is 22.6 Å². The number of aromatic nitrogens is 2. The fourth-order valence-corrected chi connectivity index (χ4v) is 2.31. The number of nitrogens with one attached hydrogen (secondary N) is 1. The summed E-state index contributed by atoms with van der Waals surface area (Å²) >= 11 is 0. The van der Waals surface area contributed by atoms with Gasteiger partial charge in [0.1, 0.15) is 5.75 Å². The van der Waals surface area contributed by atoms with Crippen LogP contribution >= 0.6 is 0 Å². The molecule has 0 aliphatic carbocycles. The van der Waals surface area contributed by atoms with Crippen molar-refractivity contribution in [2.24, 2.45) is 0 Å². The molecule has 5 heteroatoms. The number of amides is 1. The van der Waals surface area contributed by atoms with Gasteiger partial charge in [-0.25, -0.2) is 4.79 Å². The van der Waals surface area contributed by atoms with Gasteiger partial charge in [0.15, 0.2) is 0 Å². The van der Waals surface area contributed by atoms with Crippen LogP contribution in [0.15, 0.2) is 48.7 Å². The van der Waals surface area contributed by atoms with Crippen LogP contribution in [0.3, 0.4) is 0 Å². The predicted octanol–water partition coefficient (Wildman–Crippen LogP) is 3.82. The minimum absolute atomic E-state index is 0.312. The highest BCUT2D eigenvalue weighted by Crippen LogP contribution is 2.24. The van der Waals surface area contributed by atoms with Gasteiger partial charge in [-0.3, -0.25) is 0 Å². The maximum absolute atomic E-state index is 12.5. The summed E-state index contributed by atoms with van der Waals surface area (Å²) in [6.45, 7) is 4.43. The molecule has 1 amide bonds. The Hall–Kier alpha value is -2.82. The van der Waals surface area contributed by atoms with Crippen molar-refractivity contribution in [1.82, 2.24) is 9.78 Å². The van der Waals surface area contributed by atoms with Crippen LogP contribution in [0.25, 0.3) is 10.9 Å². The largest absolute Gasteiger partial charge is 0.492 e. The zero-order chi connectivity index (χ0) is 15.5. The van der Waals surface area contributed by atoms with Crippen molar-refractivity contribution in [2.75, 3.05) is 11.9 Å². The lowest BCUT2D eigenvalue weighted by Gasteiger charge is -2.11. The van der Waals surface area contributed by atoms with E-state index in [0.29, 0.717) is 18.0 Å². The summed E-state index contributed by atoms with van der Waals surface area (Å²) in [4.78, 5) is 12.5. The molecule has 5 nitrogen and oxygen atoms in total. The molecular weight excluding hydrogens is 278 g/mol. The Kier molecular flexibility index (Phi) is 3.78. The summed E-state index contributed by atoms with van der Waals surface area (Å²) in [7, 11) is 0. The van der Waals surface area contributed by atoms with E-state index in [2.05, 4.69) is 10.4 Å². The van der Waals surface area contributed by atoms with E-state index in [1.165, 1.54) is 4.68 Å². The average molecular weight is 295 g/mol. The van der Waals surface area contributed by atoms with E-state index in [4.69, 9.17) is 4.74 Å². The van der Waals surface area contributed by atoms with E-state index in [1.54, 1.807) is 12.3 Å². The van der Waals surface area contributed by atoms with Crippen LogP contribution in [0.5, 0.6) is 5.75 Å². The fraction of sp³-hybridized carbons (Fsp3) is 0.176. The first kappa shape index (κ1) is 14.1. The van der Waals surface area contributed by atoms with Gasteiger partial charge in [-0.2, -0.15) is 9.78 Å². The molecule has 0 bridgehead atoms. The third kappa shape index (κ3) is 2.65. The Balaban J connectivity index is 1.92. The summed E-state index contributed by atoms with van der Waals surface area (Å²) in [6, 6.07) is 12.9. The molecule has 112 valence electrons. The number of ether oxygens (including phenoxy) is 1. The summed E-state index contributed by atoms with van der Waals surface area (Å²) in [5.74, 6) is 0.644. The van der Waals surface area contributed by atoms with E-state index < -0.39 is 0 Å². The van der Waals surface area contributed by atoms with Crippen LogP contribution in [0.2, 0.25) is 0 Å². The van der Waals surface area contributed by atoms with Gasteiger partial charge in [-0.15, -0.1) is 0 Å². The van der Waals surface area contributed by atoms with Crippen molar-refractivity contribution in [3.63, 3.8) is 0 Å². The maximum Gasteiger partial charge on any atom is 0.347 e. The van der Waals surface area contributed by atoms with Crippen LogP contribution in [0.4, 0.5) is 10.5 Å². The van der Waals surface area contributed by atoms with Crippen LogP contribution < -0.4 is 10.1 Å². The molecule has 1 N–H and O–H groups in total. The van der Waals surface area contributed by atoms with Gasteiger partial charge in [0.2, 0.25) is 0 Å². The molecule has 0 aliphatic rings. The van der Waals surface area contributed by atoms with E-state index in [-0.39, 0.29) is 6.03 Å². The van der Waals surface area contributed by atoms with Crippen LogP contribution in [0, 0.1) is 6.92 Å². The number of hydrogen-bond donors (Lipinski definition) is 1. The minimum atomic E-state index is -0.312. The second-order valence-corrected chi connectivity index (χ2v) is 4.98. The summed E-state index contributed by atoms with van der Waals surface area (Å²) in [5.41, 5.74) is 2.49. The second-order valence-electron chi connectivity index (χ2n) is 4.98. The van der Waals surface area contributed by atoms with E-state index in [0.717, 1.165) is 16.5 Å². The summed E-state index contributed by atoms with van der Waals surface area (Å²) in [5, 5.41) is 7.95. The smallest absolute Gasteiger partial charge is 0.347 e. The SMILES string of the molecule is CCOc1ccccc1NC(=O)n1ncc2ccc(C)cc21. The van der Waals surface area contributed by atoms with Gasteiger partial charge in [0.05, 0.1) is 24.0 Å². The third-order valence-electron chi connectivity index (χ3n) is 3.35. The van der Waals surface area contributed by atoms with Gasteiger partial charge in [-0.1, -0.05) is 24.3 Å². The van der Waals surface area contributed by atoms with Crippen molar-refractivity contribution in [1.29, 1.82) is 0 Å². The van der Waals surface area contributed by atoms with E-state index in [9.17, 15) is 4.79 Å². The molecule has 0 aliphatic heterocycles. The van der Waals surface area contributed by atoms with Gasteiger partial charge in [0.25, 0.3) is 0 Å². The Labute approximate surface area is 128 Å². The second kappa shape index (κ2) is 5.89. The van der Waals surface area contributed by atoms with Crippen molar-refractivity contribution in [2.45, 2.75) is 13.8 Å². The lowest BCUT2D eigenvalue weighted by molar-refractivity contribution is 0.251. The van der Waals surface area contributed by atoms with Gasteiger partial charge < -0.3 is 10.1 Å². The molecule has 0 spiro atoms. The molecule has 0 fully saturated rings. The summed E-state index contributed by atoms with van der Waals surface area (Å²) < 4.78 is 6.88. The number of aryl methyl sites for hydroxylation is 1.